The zero-order chi connectivity index (χ0) is 14.3. The molecule has 1 aliphatic carbocycles. The Balaban J connectivity index is 2.11. The Labute approximate surface area is 113 Å². The Morgan fingerprint density at radius 3 is 2.35 bits per heavy atom. The van der Waals surface area contributed by atoms with E-state index < -0.39 is 11.8 Å². The summed E-state index contributed by atoms with van der Waals surface area (Å²) in [5.74, 6) is -2.51. The van der Waals surface area contributed by atoms with Crippen LogP contribution in [0, 0.1) is 0 Å². The number of hydrazone groups is 1. The number of hydrogen-bond donors (Lipinski definition) is 2. The van der Waals surface area contributed by atoms with E-state index in [0.29, 0.717) is 11.1 Å². The standard InChI is InChI=1S/C14H9N3O3/c15-13(19)14(20)17-16-11-8-5-1-3-7-4-2-6-9(10(7)8)12(11)18/h1-6H,(H2,15,19)(H,17,20)/b16-11-. The van der Waals surface area contributed by atoms with Crippen LogP contribution in [0.1, 0.15) is 15.9 Å². The Hall–Kier alpha value is -3.02. The molecule has 0 bridgehead atoms. The Morgan fingerprint density at radius 2 is 1.70 bits per heavy atom. The van der Waals surface area contributed by atoms with Crippen LogP contribution in [0.5, 0.6) is 0 Å². The highest BCUT2D eigenvalue weighted by molar-refractivity contribution is 6.59. The van der Waals surface area contributed by atoms with Gasteiger partial charge in [-0.3, -0.25) is 14.4 Å². The molecule has 0 atom stereocenters. The molecule has 0 saturated carbocycles. The number of nitrogens with two attached hydrogens (primary N) is 1. The largest absolute Gasteiger partial charge is 0.361 e. The van der Waals surface area contributed by atoms with Gasteiger partial charge in [0, 0.05) is 16.5 Å². The molecule has 2 aromatic rings. The molecule has 0 aromatic heterocycles. The van der Waals surface area contributed by atoms with Gasteiger partial charge < -0.3 is 5.73 Å². The molecule has 0 spiro atoms. The molecule has 1 aliphatic rings. The molecule has 0 unspecified atom stereocenters. The zero-order valence-corrected chi connectivity index (χ0v) is 10.2. The molecule has 2 amide bonds. The fourth-order valence-corrected chi connectivity index (χ4v) is 2.25. The summed E-state index contributed by atoms with van der Waals surface area (Å²) >= 11 is 0. The number of rotatable bonds is 1. The highest BCUT2D eigenvalue weighted by Crippen LogP contribution is 2.30. The fourth-order valence-electron chi connectivity index (χ4n) is 2.25. The molecule has 3 N–H and O–H groups in total. The minimum Gasteiger partial charge on any atom is -0.361 e. The first-order valence-electron chi connectivity index (χ1n) is 5.84. The number of nitrogens with zero attached hydrogens (tertiary/aromatic N) is 1. The third-order valence-corrected chi connectivity index (χ3v) is 3.11. The van der Waals surface area contributed by atoms with Crippen molar-refractivity contribution in [3.05, 3.63) is 47.5 Å². The molecule has 6 heteroatoms. The van der Waals surface area contributed by atoms with E-state index >= 15 is 0 Å². The van der Waals surface area contributed by atoms with Crippen molar-refractivity contribution >= 4 is 34.1 Å². The molecule has 0 saturated heterocycles. The lowest BCUT2D eigenvalue weighted by atomic mass is 10.1. The summed E-state index contributed by atoms with van der Waals surface area (Å²) in [6, 6.07) is 10.8. The number of nitrogens with one attached hydrogen (secondary N) is 1. The van der Waals surface area contributed by atoms with Crippen LogP contribution >= 0.6 is 0 Å². The minimum absolute atomic E-state index is 0.103. The summed E-state index contributed by atoms with van der Waals surface area (Å²) in [6.45, 7) is 0. The SMILES string of the molecule is NC(=O)C(=O)N/N=C1\C(=O)c2cccc3cccc1c23. The van der Waals surface area contributed by atoms with Gasteiger partial charge in [-0.05, 0) is 5.39 Å². The summed E-state index contributed by atoms with van der Waals surface area (Å²) in [6.07, 6.45) is 0. The van der Waals surface area contributed by atoms with E-state index in [-0.39, 0.29) is 11.5 Å². The first-order valence-corrected chi connectivity index (χ1v) is 5.84. The highest BCUT2D eigenvalue weighted by atomic mass is 16.2. The molecule has 98 valence electrons. The summed E-state index contributed by atoms with van der Waals surface area (Å²) in [7, 11) is 0. The van der Waals surface area contributed by atoms with Gasteiger partial charge in [-0.15, -0.1) is 0 Å². The number of carbonyl (C=O) groups excluding carboxylic acids is 3. The van der Waals surface area contributed by atoms with Crippen LogP contribution in [0.25, 0.3) is 10.8 Å². The summed E-state index contributed by atoms with van der Waals surface area (Å²) in [4.78, 5) is 34.0. The third-order valence-electron chi connectivity index (χ3n) is 3.11. The van der Waals surface area contributed by atoms with E-state index in [4.69, 9.17) is 5.73 Å². The van der Waals surface area contributed by atoms with Gasteiger partial charge in [0.2, 0.25) is 5.78 Å². The first kappa shape index (κ1) is 12.0. The molecule has 0 aliphatic heterocycles. The first-order chi connectivity index (χ1) is 9.59. The molecule has 3 rings (SSSR count). The molecular formula is C14H9N3O3. The van der Waals surface area contributed by atoms with Crippen LogP contribution in [-0.2, 0) is 9.59 Å². The van der Waals surface area contributed by atoms with Crippen LogP contribution in [0.4, 0.5) is 0 Å². The van der Waals surface area contributed by atoms with Gasteiger partial charge >= 0.3 is 11.8 Å². The van der Waals surface area contributed by atoms with E-state index in [1.807, 2.05) is 17.6 Å². The van der Waals surface area contributed by atoms with E-state index in [1.54, 1.807) is 24.3 Å². The summed E-state index contributed by atoms with van der Waals surface area (Å²) in [5.41, 5.74) is 8.06. The van der Waals surface area contributed by atoms with Crippen LogP contribution in [-0.4, -0.2) is 23.3 Å². The molecule has 0 heterocycles. The maximum absolute atomic E-state index is 12.3. The van der Waals surface area contributed by atoms with Crippen LogP contribution < -0.4 is 11.2 Å². The number of hydrogen-bond acceptors (Lipinski definition) is 4. The Kier molecular flexibility index (Phi) is 2.57. The second kappa shape index (κ2) is 4.27. The van der Waals surface area contributed by atoms with Crippen molar-refractivity contribution in [1.82, 2.24) is 5.43 Å². The topological polar surface area (TPSA) is 102 Å². The molecule has 20 heavy (non-hydrogen) atoms. The van der Waals surface area contributed by atoms with Gasteiger partial charge in [-0.1, -0.05) is 36.4 Å². The van der Waals surface area contributed by atoms with Crippen molar-refractivity contribution in [2.24, 2.45) is 10.8 Å². The predicted molar refractivity (Wildman–Crippen MR) is 72.2 cm³/mol. The van der Waals surface area contributed by atoms with E-state index in [9.17, 15) is 14.4 Å². The Morgan fingerprint density at radius 1 is 1.05 bits per heavy atom. The quantitative estimate of drug-likeness (QED) is 0.575. The second-order valence-electron chi connectivity index (χ2n) is 4.30. The zero-order valence-electron chi connectivity index (χ0n) is 10.2. The number of carbonyl (C=O) groups is 3. The maximum Gasteiger partial charge on any atom is 0.329 e. The van der Waals surface area contributed by atoms with E-state index in [1.165, 1.54) is 0 Å². The molecule has 0 radical (unpaired) electrons. The van der Waals surface area contributed by atoms with Crippen molar-refractivity contribution in [3.8, 4) is 0 Å². The van der Waals surface area contributed by atoms with Crippen LogP contribution in [0.15, 0.2) is 41.5 Å². The number of amides is 2. The van der Waals surface area contributed by atoms with Crippen LogP contribution in [0.2, 0.25) is 0 Å². The predicted octanol–water partition coefficient (Wildman–Crippen LogP) is 0.342. The van der Waals surface area contributed by atoms with Crippen molar-refractivity contribution < 1.29 is 14.4 Å². The number of primary amides is 1. The molecule has 6 nitrogen and oxygen atoms in total. The fraction of sp³-hybridized carbons (Fsp3) is 0. The lowest BCUT2D eigenvalue weighted by Gasteiger charge is -1.99. The lowest BCUT2D eigenvalue weighted by molar-refractivity contribution is -0.137. The number of ketones is 1. The maximum atomic E-state index is 12.3. The number of benzene rings is 2. The summed E-state index contributed by atoms with van der Waals surface area (Å²) in [5, 5.41) is 5.45. The number of Topliss-reactive ketones (excluding diaryl/α,β-unsaturated/α-hetero) is 1. The van der Waals surface area contributed by atoms with Crippen molar-refractivity contribution in [3.63, 3.8) is 0 Å². The van der Waals surface area contributed by atoms with Gasteiger partial charge in [0.15, 0.2) is 0 Å². The van der Waals surface area contributed by atoms with Crippen molar-refractivity contribution in [2.45, 2.75) is 0 Å². The van der Waals surface area contributed by atoms with Gasteiger partial charge in [0.05, 0.1) is 0 Å². The third kappa shape index (κ3) is 1.66. The second-order valence-corrected chi connectivity index (χ2v) is 4.30. The van der Waals surface area contributed by atoms with Crippen LogP contribution in [0.3, 0.4) is 0 Å². The van der Waals surface area contributed by atoms with Gasteiger partial charge in [-0.25, -0.2) is 5.43 Å². The van der Waals surface area contributed by atoms with Gasteiger partial charge in [0.1, 0.15) is 5.71 Å². The molecule has 0 fully saturated rings. The van der Waals surface area contributed by atoms with E-state index in [2.05, 4.69) is 5.10 Å². The highest BCUT2D eigenvalue weighted by Gasteiger charge is 2.29. The Bertz CT molecular complexity index is 803. The molecule has 2 aromatic carbocycles. The van der Waals surface area contributed by atoms with Crippen molar-refractivity contribution in [2.75, 3.05) is 0 Å². The van der Waals surface area contributed by atoms with Gasteiger partial charge in [-0.2, -0.15) is 5.10 Å². The minimum atomic E-state index is -1.16. The summed E-state index contributed by atoms with van der Waals surface area (Å²) < 4.78 is 0. The van der Waals surface area contributed by atoms with Gasteiger partial charge in [0.25, 0.3) is 0 Å². The van der Waals surface area contributed by atoms with Crippen molar-refractivity contribution in [1.29, 1.82) is 0 Å². The molecular weight excluding hydrogens is 258 g/mol. The lowest BCUT2D eigenvalue weighted by Crippen LogP contribution is -2.34. The average molecular weight is 267 g/mol. The smallest absolute Gasteiger partial charge is 0.329 e. The average Bonchev–Trinajstić information content (AvgIpc) is 2.72. The normalized spacial score (nSPS) is 14.8. The monoisotopic (exact) mass is 267 g/mol. The van der Waals surface area contributed by atoms with E-state index in [0.717, 1.165) is 10.8 Å².